The molecule has 4 aromatic carbocycles. The first-order valence-corrected chi connectivity index (χ1v) is 17.9. The van der Waals surface area contributed by atoms with Crippen molar-refractivity contribution >= 4 is 35.0 Å². The van der Waals surface area contributed by atoms with E-state index in [1.54, 1.807) is 42.4 Å². The number of nitrogens with one attached hydrogen (secondary N) is 2. The molecule has 5 aromatic rings. The monoisotopic (exact) mass is 706 g/mol. The average Bonchev–Trinajstić information content (AvgIpc) is 3.58. The molecule has 1 fully saturated rings. The van der Waals surface area contributed by atoms with Crippen molar-refractivity contribution in [2.24, 2.45) is 7.05 Å². The van der Waals surface area contributed by atoms with Gasteiger partial charge in [0.05, 0.1) is 30.2 Å². The van der Waals surface area contributed by atoms with Gasteiger partial charge in [-0.2, -0.15) is 0 Å². The predicted octanol–water partition coefficient (Wildman–Crippen LogP) is 6.32. The van der Waals surface area contributed by atoms with E-state index in [4.69, 9.17) is 15.2 Å². The lowest BCUT2D eigenvalue weighted by molar-refractivity contribution is -0.245. The van der Waals surface area contributed by atoms with Crippen molar-refractivity contribution in [3.63, 3.8) is 0 Å². The summed E-state index contributed by atoms with van der Waals surface area (Å²) in [5.41, 5.74) is 12.7. The van der Waals surface area contributed by atoms with Crippen LogP contribution in [0, 0.1) is 0 Å². The number of aromatic nitrogens is 3. The zero-order valence-electron chi connectivity index (χ0n) is 28.4. The van der Waals surface area contributed by atoms with Gasteiger partial charge in [0.15, 0.2) is 11.4 Å². The summed E-state index contributed by atoms with van der Waals surface area (Å²) in [5.74, 6) is 0.387. The summed E-state index contributed by atoms with van der Waals surface area (Å²) < 4.78 is 15.0. The summed E-state index contributed by atoms with van der Waals surface area (Å²) in [5, 5.41) is 24.3. The van der Waals surface area contributed by atoms with Crippen LogP contribution >= 0.6 is 11.8 Å². The Balaban J connectivity index is 1.07. The van der Waals surface area contributed by atoms with E-state index >= 15 is 0 Å². The first-order valence-electron chi connectivity index (χ1n) is 16.9. The normalized spacial score (nSPS) is 17.2. The molecule has 2 amide bonds. The van der Waals surface area contributed by atoms with Crippen molar-refractivity contribution in [2.75, 3.05) is 16.8 Å². The molecule has 264 valence electrons. The van der Waals surface area contributed by atoms with Crippen LogP contribution < -0.4 is 16.4 Å². The number of nitrogen functional groups attached to an aromatic ring is 1. The number of para-hydroxylation sites is 2. The van der Waals surface area contributed by atoms with E-state index in [9.17, 15) is 14.7 Å². The molecule has 3 atom stereocenters. The standard InChI is InChI=1S/C39H42N6O5S/c1-45-25-42-44-39(45)51-24-32-21-35(28-17-15-26(23-46)16-18-28)50-38(49-32)31-10-5-9-30(20-31)29-8-4-7-27(19-29)22-41-36(47)13-6-14-37(48)43-34-12-3-2-11-33(34)40/h2-5,7-12,15-20,25,32,35,38,46H,6,13-14,21-24,40H2,1H3,(H,41,47)(H,43,48)/t32-,35+,38+/m0/s1. The van der Waals surface area contributed by atoms with E-state index in [2.05, 4.69) is 33.0 Å². The molecular weight excluding hydrogens is 665 g/mol. The molecule has 2 heterocycles. The molecule has 1 aromatic heterocycles. The molecule has 0 saturated carbocycles. The molecule has 1 aliphatic heterocycles. The lowest BCUT2D eigenvalue weighted by atomic mass is 9.99. The smallest absolute Gasteiger partial charge is 0.224 e. The number of rotatable bonds is 14. The number of nitrogens with two attached hydrogens (primary N) is 1. The summed E-state index contributed by atoms with van der Waals surface area (Å²) in [7, 11) is 1.92. The fourth-order valence-corrected chi connectivity index (χ4v) is 6.75. The highest BCUT2D eigenvalue weighted by Gasteiger charge is 2.32. The third-order valence-corrected chi connectivity index (χ3v) is 9.80. The van der Waals surface area contributed by atoms with E-state index in [0.717, 1.165) is 38.5 Å². The summed E-state index contributed by atoms with van der Waals surface area (Å²) in [6, 6.07) is 31.1. The Labute approximate surface area is 301 Å². The maximum atomic E-state index is 12.6. The van der Waals surface area contributed by atoms with Gasteiger partial charge in [-0.1, -0.05) is 84.6 Å². The zero-order valence-corrected chi connectivity index (χ0v) is 29.2. The number of benzene rings is 4. The van der Waals surface area contributed by atoms with Gasteiger partial charge in [0, 0.05) is 44.2 Å². The lowest BCUT2D eigenvalue weighted by Gasteiger charge is -2.36. The second-order valence-electron chi connectivity index (χ2n) is 12.5. The molecule has 11 nitrogen and oxygen atoms in total. The molecule has 1 saturated heterocycles. The number of nitrogens with zero attached hydrogens (tertiary/aromatic N) is 3. The van der Waals surface area contributed by atoms with Crippen LogP contribution in [-0.2, 0) is 39.3 Å². The number of aliphatic hydroxyl groups is 1. The van der Waals surface area contributed by atoms with Crippen molar-refractivity contribution in [3.05, 3.63) is 126 Å². The molecule has 0 bridgehead atoms. The summed E-state index contributed by atoms with van der Waals surface area (Å²) in [6.07, 6.45) is 2.34. The Kier molecular flexibility index (Phi) is 12.1. The molecule has 1 aliphatic rings. The Morgan fingerprint density at radius 1 is 0.902 bits per heavy atom. The SMILES string of the molecule is Cn1cnnc1SC[C@@H]1C[C@H](c2ccc(CO)cc2)O[C@H](c2cccc(-c3cccc(CNC(=O)CCCC(=O)Nc4ccccc4N)c3)c2)O1. The second kappa shape index (κ2) is 17.3. The van der Waals surface area contributed by atoms with Gasteiger partial charge in [0.25, 0.3) is 0 Å². The number of aliphatic hydroxyl groups excluding tert-OH is 1. The van der Waals surface area contributed by atoms with Crippen LogP contribution in [0.3, 0.4) is 0 Å². The van der Waals surface area contributed by atoms with Crippen LogP contribution in [0.25, 0.3) is 11.1 Å². The number of hydrogen-bond donors (Lipinski definition) is 4. The van der Waals surface area contributed by atoms with Crippen LogP contribution in [0.4, 0.5) is 11.4 Å². The number of ether oxygens (including phenoxy) is 2. The van der Waals surface area contributed by atoms with Gasteiger partial charge in [-0.25, -0.2) is 0 Å². The number of aryl methyl sites for hydroxylation is 1. The highest BCUT2D eigenvalue weighted by Crippen LogP contribution is 2.40. The van der Waals surface area contributed by atoms with E-state index in [1.807, 2.05) is 72.3 Å². The molecule has 12 heteroatoms. The lowest BCUT2D eigenvalue weighted by Crippen LogP contribution is -2.31. The highest BCUT2D eigenvalue weighted by atomic mass is 32.2. The van der Waals surface area contributed by atoms with Crippen LogP contribution in [0.2, 0.25) is 0 Å². The molecule has 51 heavy (non-hydrogen) atoms. The fourth-order valence-electron chi connectivity index (χ4n) is 5.84. The van der Waals surface area contributed by atoms with Gasteiger partial charge < -0.3 is 35.5 Å². The molecule has 6 rings (SSSR count). The Morgan fingerprint density at radius 3 is 2.43 bits per heavy atom. The topological polar surface area (TPSA) is 154 Å². The molecule has 5 N–H and O–H groups in total. The number of anilines is 2. The van der Waals surface area contributed by atoms with Crippen LogP contribution in [0.1, 0.15) is 60.3 Å². The number of amides is 2. The Bertz CT molecular complexity index is 1930. The quantitative estimate of drug-likeness (QED) is 0.0768. The highest BCUT2D eigenvalue weighted by molar-refractivity contribution is 7.99. The number of carbonyl (C=O) groups is 2. The summed E-state index contributed by atoms with van der Waals surface area (Å²) in [4.78, 5) is 24.9. The molecule has 0 radical (unpaired) electrons. The molecular formula is C39H42N6O5S. The molecule has 0 unspecified atom stereocenters. The largest absolute Gasteiger partial charge is 0.397 e. The first-order chi connectivity index (χ1) is 24.8. The minimum absolute atomic E-state index is 0.0128. The van der Waals surface area contributed by atoms with E-state index in [0.29, 0.717) is 36.5 Å². The first kappa shape index (κ1) is 35.8. The van der Waals surface area contributed by atoms with Gasteiger partial charge in [0.2, 0.25) is 11.8 Å². The Morgan fingerprint density at radius 2 is 1.67 bits per heavy atom. The maximum absolute atomic E-state index is 12.6. The van der Waals surface area contributed by atoms with Crippen molar-refractivity contribution in [3.8, 4) is 11.1 Å². The third kappa shape index (κ3) is 9.83. The van der Waals surface area contributed by atoms with Gasteiger partial charge in [0.1, 0.15) is 6.33 Å². The Hall–Kier alpha value is -5.01. The van der Waals surface area contributed by atoms with Crippen LogP contribution in [-0.4, -0.2) is 43.5 Å². The van der Waals surface area contributed by atoms with Crippen LogP contribution in [0.5, 0.6) is 0 Å². The van der Waals surface area contributed by atoms with Crippen molar-refractivity contribution in [2.45, 2.75) is 62.5 Å². The number of thioether (sulfide) groups is 1. The van der Waals surface area contributed by atoms with E-state index in [-0.39, 0.29) is 43.5 Å². The van der Waals surface area contributed by atoms with Gasteiger partial charge in [-0.05, 0) is 58.5 Å². The molecule has 0 aliphatic carbocycles. The number of hydrogen-bond acceptors (Lipinski definition) is 9. The number of carbonyl (C=O) groups excluding carboxylic acids is 2. The third-order valence-electron chi connectivity index (χ3n) is 8.63. The summed E-state index contributed by atoms with van der Waals surface area (Å²) in [6.45, 7) is 0.358. The van der Waals surface area contributed by atoms with Crippen LogP contribution in [0.15, 0.2) is 109 Å². The second-order valence-corrected chi connectivity index (χ2v) is 13.5. The average molecular weight is 707 g/mol. The minimum Gasteiger partial charge on any atom is -0.397 e. The summed E-state index contributed by atoms with van der Waals surface area (Å²) >= 11 is 1.60. The van der Waals surface area contributed by atoms with Gasteiger partial charge in [-0.15, -0.1) is 10.2 Å². The predicted molar refractivity (Wildman–Crippen MR) is 197 cm³/mol. The minimum atomic E-state index is -0.596. The van der Waals surface area contributed by atoms with Crippen molar-refractivity contribution in [1.29, 1.82) is 0 Å². The maximum Gasteiger partial charge on any atom is 0.224 e. The van der Waals surface area contributed by atoms with E-state index in [1.165, 1.54) is 0 Å². The van der Waals surface area contributed by atoms with Crippen molar-refractivity contribution < 1.29 is 24.2 Å². The molecule has 0 spiro atoms. The van der Waals surface area contributed by atoms with Gasteiger partial charge >= 0.3 is 0 Å². The van der Waals surface area contributed by atoms with Gasteiger partial charge in [-0.3, -0.25) is 9.59 Å². The van der Waals surface area contributed by atoms with E-state index < -0.39 is 6.29 Å². The van der Waals surface area contributed by atoms with Crippen molar-refractivity contribution in [1.82, 2.24) is 20.1 Å². The zero-order chi connectivity index (χ0) is 35.6. The fraction of sp³-hybridized carbons (Fsp3) is 0.282.